The highest BCUT2D eigenvalue weighted by atomic mass is 19.1. The van der Waals surface area contributed by atoms with Crippen LogP contribution >= 0.6 is 0 Å². The highest BCUT2D eigenvalue weighted by Crippen LogP contribution is 2.33. The Hall–Kier alpha value is -2.31. The molecule has 1 aliphatic rings. The van der Waals surface area contributed by atoms with Crippen molar-refractivity contribution in [2.24, 2.45) is 5.92 Å². The highest BCUT2D eigenvalue weighted by Gasteiger charge is 2.31. The van der Waals surface area contributed by atoms with Gasteiger partial charge in [0.2, 0.25) is 0 Å². The second kappa shape index (κ2) is 7.93. The number of methoxy groups -OCH3 is 1. The van der Waals surface area contributed by atoms with E-state index in [1.807, 2.05) is 20.8 Å². The first kappa shape index (κ1) is 20.0. The summed E-state index contributed by atoms with van der Waals surface area (Å²) in [7, 11) is 1.28. The predicted octanol–water partition coefficient (Wildman–Crippen LogP) is 3.81. The number of carboxylic acids is 1. The summed E-state index contributed by atoms with van der Waals surface area (Å²) in [5.41, 5.74) is -0.685. The molecule has 0 saturated heterocycles. The Morgan fingerprint density at radius 1 is 1.12 bits per heavy atom. The lowest BCUT2D eigenvalue weighted by Crippen LogP contribution is -2.33. The first-order valence-corrected chi connectivity index (χ1v) is 8.61. The lowest BCUT2D eigenvalue weighted by atomic mass is 9.87. The quantitative estimate of drug-likeness (QED) is 0.796. The van der Waals surface area contributed by atoms with Gasteiger partial charge in [0, 0.05) is 12.1 Å². The third kappa shape index (κ3) is 5.09. The van der Waals surface area contributed by atoms with Crippen molar-refractivity contribution in [1.82, 2.24) is 0 Å². The molecule has 1 aromatic carbocycles. The molecule has 26 heavy (non-hydrogen) atoms. The lowest BCUT2D eigenvalue weighted by Gasteiger charge is -2.30. The topological polar surface area (TPSA) is 82.1 Å². The smallest absolute Gasteiger partial charge is 0.339 e. The van der Waals surface area contributed by atoms with Crippen molar-refractivity contribution in [2.75, 3.05) is 7.11 Å². The molecule has 1 N–H and O–H groups in total. The van der Waals surface area contributed by atoms with Gasteiger partial charge in [-0.05, 0) is 46.5 Å². The van der Waals surface area contributed by atoms with E-state index in [1.165, 1.54) is 7.11 Å². The van der Waals surface area contributed by atoms with Crippen LogP contribution in [-0.4, -0.2) is 35.9 Å². The van der Waals surface area contributed by atoms with Crippen molar-refractivity contribution in [3.05, 3.63) is 23.5 Å². The first-order valence-electron chi connectivity index (χ1n) is 8.61. The predicted molar refractivity (Wildman–Crippen MR) is 92.1 cm³/mol. The summed E-state index contributed by atoms with van der Waals surface area (Å²) in [6.45, 7) is 5.48. The largest absolute Gasteiger partial charge is 0.496 e. The highest BCUT2D eigenvalue weighted by molar-refractivity contribution is 5.91. The van der Waals surface area contributed by atoms with E-state index in [4.69, 9.17) is 14.2 Å². The number of hydrogen-bond donors (Lipinski definition) is 1. The van der Waals surface area contributed by atoms with Crippen LogP contribution in [0.25, 0.3) is 0 Å². The van der Waals surface area contributed by atoms with Gasteiger partial charge in [-0.2, -0.15) is 0 Å². The third-order valence-electron chi connectivity index (χ3n) is 4.19. The molecule has 0 aliphatic heterocycles. The SMILES string of the molecule is COc1cc(F)c(O[C@H]2CC[C@@H](C(=O)OC(C)(C)C)CC2)cc1C(=O)O. The molecule has 7 heteroatoms. The summed E-state index contributed by atoms with van der Waals surface area (Å²) < 4.78 is 30.1. The maximum absolute atomic E-state index is 14.2. The molecule has 0 radical (unpaired) electrons. The fourth-order valence-electron chi connectivity index (χ4n) is 2.94. The number of benzene rings is 1. The minimum absolute atomic E-state index is 0.0593. The third-order valence-corrected chi connectivity index (χ3v) is 4.19. The molecule has 0 heterocycles. The van der Waals surface area contributed by atoms with E-state index < -0.39 is 17.4 Å². The Balaban J connectivity index is 2.00. The molecule has 0 amide bonds. The van der Waals surface area contributed by atoms with Crippen molar-refractivity contribution < 1.29 is 33.3 Å². The van der Waals surface area contributed by atoms with E-state index in [0.717, 1.165) is 12.1 Å². The fraction of sp³-hybridized carbons (Fsp3) is 0.579. The number of carbonyl (C=O) groups is 2. The van der Waals surface area contributed by atoms with Crippen LogP contribution in [0.5, 0.6) is 11.5 Å². The first-order chi connectivity index (χ1) is 12.1. The van der Waals surface area contributed by atoms with Crippen LogP contribution < -0.4 is 9.47 Å². The molecular formula is C19H25FO6. The molecule has 0 aromatic heterocycles. The van der Waals surface area contributed by atoms with Gasteiger partial charge in [-0.15, -0.1) is 0 Å². The molecule has 6 nitrogen and oxygen atoms in total. The molecule has 0 bridgehead atoms. The van der Waals surface area contributed by atoms with Crippen LogP contribution in [0.15, 0.2) is 12.1 Å². The Bertz CT molecular complexity index is 671. The van der Waals surface area contributed by atoms with Crippen molar-refractivity contribution in [2.45, 2.75) is 58.2 Å². The summed E-state index contributed by atoms with van der Waals surface area (Å²) in [4.78, 5) is 23.4. The molecule has 144 valence electrons. The van der Waals surface area contributed by atoms with Crippen molar-refractivity contribution in [3.8, 4) is 11.5 Å². The molecule has 1 saturated carbocycles. The van der Waals surface area contributed by atoms with E-state index >= 15 is 0 Å². The van der Waals surface area contributed by atoms with Gasteiger partial charge in [0.25, 0.3) is 0 Å². The molecule has 0 atom stereocenters. The van der Waals surface area contributed by atoms with E-state index in [1.54, 1.807) is 0 Å². The second-order valence-corrected chi connectivity index (χ2v) is 7.41. The summed E-state index contributed by atoms with van der Waals surface area (Å²) in [5.74, 6) is -2.49. The van der Waals surface area contributed by atoms with Crippen LogP contribution in [-0.2, 0) is 9.53 Å². The lowest BCUT2D eigenvalue weighted by molar-refractivity contribution is -0.161. The molecule has 1 aliphatic carbocycles. The van der Waals surface area contributed by atoms with E-state index in [-0.39, 0.29) is 35.1 Å². The van der Waals surface area contributed by atoms with Gasteiger partial charge in [0.15, 0.2) is 11.6 Å². The zero-order valence-electron chi connectivity index (χ0n) is 15.5. The summed E-state index contributed by atoms with van der Waals surface area (Å²) in [6.07, 6.45) is 2.03. The van der Waals surface area contributed by atoms with Gasteiger partial charge >= 0.3 is 11.9 Å². The Morgan fingerprint density at radius 3 is 2.23 bits per heavy atom. The molecule has 1 aromatic rings. The Labute approximate surface area is 152 Å². The second-order valence-electron chi connectivity index (χ2n) is 7.41. The van der Waals surface area contributed by atoms with Crippen molar-refractivity contribution in [3.63, 3.8) is 0 Å². The van der Waals surface area contributed by atoms with Crippen LogP contribution in [0.3, 0.4) is 0 Å². The molecule has 0 unspecified atom stereocenters. The summed E-state index contributed by atoms with van der Waals surface area (Å²) in [5, 5.41) is 9.20. The zero-order chi connectivity index (χ0) is 19.5. The average Bonchev–Trinajstić information content (AvgIpc) is 2.55. The monoisotopic (exact) mass is 368 g/mol. The Kier molecular flexibility index (Phi) is 6.10. The van der Waals surface area contributed by atoms with Gasteiger partial charge in [0.1, 0.15) is 16.9 Å². The van der Waals surface area contributed by atoms with Crippen LogP contribution in [0.2, 0.25) is 0 Å². The standard InChI is InChI=1S/C19H25FO6/c1-19(2,3)26-18(23)11-5-7-12(8-6-11)25-16-9-13(17(21)22)15(24-4)10-14(16)20/h9-12H,5-8H2,1-4H3,(H,21,22)/t11-,12+. The molecule has 0 spiro atoms. The van der Waals surface area contributed by atoms with Crippen molar-refractivity contribution >= 4 is 11.9 Å². The zero-order valence-corrected chi connectivity index (χ0v) is 15.5. The number of carbonyl (C=O) groups excluding carboxylic acids is 1. The van der Waals surface area contributed by atoms with Gasteiger partial charge in [-0.25, -0.2) is 9.18 Å². The van der Waals surface area contributed by atoms with Gasteiger partial charge in [-0.1, -0.05) is 0 Å². The van der Waals surface area contributed by atoms with Crippen LogP contribution in [0, 0.1) is 11.7 Å². The minimum Gasteiger partial charge on any atom is -0.496 e. The number of esters is 1. The molecule has 1 fully saturated rings. The molecular weight excluding hydrogens is 343 g/mol. The maximum Gasteiger partial charge on any atom is 0.339 e. The number of halogens is 1. The van der Waals surface area contributed by atoms with Crippen molar-refractivity contribution in [1.29, 1.82) is 0 Å². The molecule has 2 rings (SSSR count). The number of ether oxygens (including phenoxy) is 3. The minimum atomic E-state index is -1.22. The Morgan fingerprint density at radius 2 is 1.73 bits per heavy atom. The number of rotatable bonds is 5. The van der Waals surface area contributed by atoms with E-state index in [2.05, 4.69) is 0 Å². The van der Waals surface area contributed by atoms with E-state index in [9.17, 15) is 19.1 Å². The van der Waals surface area contributed by atoms with Gasteiger partial charge in [0.05, 0.1) is 19.1 Å². The normalized spacial score (nSPS) is 20.3. The maximum atomic E-state index is 14.2. The number of aromatic carboxylic acids is 1. The van der Waals surface area contributed by atoms with Crippen LogP contribution in [0.4, 0.5) is 4.39 Å². The average molecular weight is 368 g/mol. The van der Waals surface area contributed by atoms with Gasteiger partial charge in [-0.3, -0.25) is 4.79 Å². The van der Waals surface area contributed by atoms with Crippen LogP contribution in [0.1, 0.15) is 56.8 Å². The number of carboxylic acid groups (broad SMARTS) is 1. The van der Waals surface area contributed by atoms with E-state index in [0.29, 0.717) is 25.7 Å². The summed E-state index contributed by atoms with van der Waals surface area (Å²) in [6, 6.07) is 2.14. The summed E-state index contributed by atoms with van der Waals surface area (Å²) >= 11 is 0. The fourth-order valence-corrected chi connectivity index (χ4v) is 2.94. The number of hydrogen-bond acceptors (Lipinski definition) is 5. The van der Waals surface area contributed by atoms with Gasteiger partial charge < -0.3 is 19.3 Å².